The van der Waals surface area contributed by atoms with Crippen molar-refractivity contribution in [1.82, 2.24) is 5.32 Å². The second-order valence-corrected chi connectivity index (χ2v) is 4.54. The first-order valence-electron chi connectivity index (χ1n) is 6.75. The summed E-state index contributed by atoms with van der Waals surface area (Å²) >= 11 is 0. The Morgan fingerprint density at radius 2 is 1.91 bits per heavy atom. The van der Waals surface area contributed by atoms with E-state index in [9.17, 15) is 14.4 Å². The minimum atomic E-state index is -0.909. The van der Waals surface area contributed by atoms with Crippen LogP contribution >= 0.6 is 0 Å². The topological polar surface area (TPSA) is 123 Å². The van der Waals surface area contributed by atoms with Gasteiger partial charge < -0.3 is 15.8 Å². The third kappa shape index (κ3) is 4.97. The van der Waals surface area contributed by atoms with Crippen molar-refractivity contribution in [3.05, 3.63) is 23.8 Å². The third-order valence-electron chi connectivity index (χ3n) is 2.86. The SMILES string of the molecule is CCOC(=O)Nc1cccc(N[C@@H](C)C(=O)NC(N)=O)c1C. The molecule has 0 unspecified atom stereocenters. The molecular formula is C14H20N4O4. The van der Waals surface area contributed by atoms with Crippen LogP contribution in [0, 0.1) is 6.92 Å². The number of ether oxygens (including phenoxy) is 1. The maximum absolute atomic E-state index is 11.7. The number of imide groups is 1. The number of nitrogens with two attached hydrogens (primary N) is 1. The van der Waals surface area contributed by atoms with E-state index in [0.29, 0.717) is 11.4 Å². The minimum Gasteiger partial charge on any atom is -0.450 e. The summed E-state index contributed by atoms with van der Waals surface area (Å²) < 4.78 is 4.82. The van der Waals surface area contributed by atoms with Gasteiger partial charge in [0, 0.05) is 11.4 Å². The summed E-state index contributed by atoms with van der Waals surface area (Å²) in [6.07, 6.45) is -0.553. The summed E-state index contributed by atoms with van der Waals surface area (Å²) in [5.74, 6) is -0.546. The van der Waals surface area contributed by atoms with Crippen LogP contribution in [0.3, 0.4) is 0 Å². The summed E-state index contributed by atoms with van der Waals surface area (Å²) in [6.45, 7) is 5.35. The highest BCUT2D eigenvalue weighted by molar-refractivity contribution is 5.97. The molecule has 0 aliphatic rings. The molecule has 1 aromatic carbocycles. The van der Waals surface area contributed by atoms with Crippen LogP contribution in [-0.4, -0.2) is 30.7 Å². The molecule has 1 atom stereocenters. The highest BCUT2D eigenvalue weighted by Crippen LogP contribution is 2.24. The predicted molar refractivity (Wildman–Crippen MR) is 82.6 cm³/mol. The van der Waals surface area contributed by atoms with Crippen molar-refractivity contribution in [2.75, 3.05) is 17.2 Å². The fourth-order valence-electron chi connectivity index (χ4n) is 1.73. The van der Waals surface area contributed by atoms with Crippen LogP contribution in [0.5, 0.6) is 0 Å². The molecule has 0 aliphatic heterocycles. The molecule has 8 nitrogen and oxygen atoms in total. The summed E-state index contributed by atoms with van der Waals surface area (Å²) in [7, 11) is 0. The number of hydrogen-bond acceptors (Lipinski definition) is 5. The number of urea groups is 1. The number of primary amides is 1. The Kier molecular flexibility index (Phi) is 6.18. The van der Waals surface area contributed by atoms with E-state index in [0.717, 1.165) is 5.56 Å². The molecule has 0 radical (unpaired) electrons. The van der Waals surface area contributed by atoms with E-state index in [-0.39, 0.29) is 6.61 Å². The molecular weight excluding hydrogens is 288 g/mol. The average Bonchev–Trinajstić information content (AvgIpc) is 2.42. The highest BCUT2D eigenvalue weighted by atomic mass is 16.5. The number of rotatable bonds is 5. The lowest BCUT2D eigenvalue weighted by Gasteiger charge is -2.18. The van der Waals surface area contributed by atoms with Crippen molar-refractivity contribution in [3.8, 4) is 0 Å². The molecule has 0 spiro atoms. The second-order valence-electron chi connectivity index (χ2n) is 4.54. The van der Waals surface area contributed by atoms with Crippen LogP contribution in [0.2, 0.25) is 0 Å². The van der Waals surface area contributed by atoms with Gasteiger partial charge in [-0.05, 0) is 38.5 Å². The lowest BCUT2D eigenvalue weighted by atomic mass is 10.1. The molecule has 1 aromatic rings. The number of hydrogen-bond donors (Lipinski definition) is 4. The molecule has 1 rings (SSSR count). The van der Waals surface area contributed by atoms with Gasteiger partial charge in [0.15, 0.2) is 0 Å². The van der Waals surface area contributed by atoms with Gasteiger partial charge >= 0.3 is 12.1 Å². The number of carbonyl (C=O) groups excluding carboxylic acids is 3. The molecule has 0 fully saturated rings. The normalized spacial score (nSPS) is 11.2. The van der Waals surface area contributed by atoms with Gasteiger partial charge in [0.25, 0.3) is 0 Å². The molecule has 120 valence electrons. The van der Waals surface area contributed by atoms with E-state index in [1.54, 1.807) is 39.0 Å². The molecule has 0 saturated heterocycles. The van der Waals surface area contributed by atoms with Gasteiger partial charge in [-0.15, -0.1) is 0 Å². The lowest BCUT2D eigenvalue weighted by Crippen LogP contribution is -2.43. The van der Waals surface area contributed by atoms with Crippen molar-refractivity contribution in [2.24, 2.45) is 5.73 Å². The van der Waals surface area contributed by atoms with E-state index in [4.69, 9.17) is 10.5 Å². The first-order chi connectivity index (χ1) is 10.3. The number of nitrogens with one attached hydrogen (secondary N) is 3. The van der Waals surface area contributed by atoms with E-state index in [2.05, 4.69) is 10.6 Å². The molecule has 4 amide bonds. The van der Waals surface area contributed by atoms with E-state index < -0.39 is 24.1 Å². The molecule has 0 bridgehead atoms. The molecule has 0 aromatic heterocycles. The van der Waals surface area contributed by atoms with Gasteiger partial charge in [-0.2, -0.15) is 0 Å². The first kappa shape index (κ1) is 17.3. The Labute approximate surface area is 128 Å². The third-order valence-corrected chi connectivity index (χ3v) is 2.86. The smallest absolute Gasteiger partial charge is 0.411 e. The average molecular weight is 308 g/mol. The number of amides is 4. The van der Waals surface area contributed by atoms with Crippen molar-refractivity contribution < 1.29 is 19.1 Å². The zero-order chi connectivity index (χ0) is 16.7. The van der Waals surface area contributed by atoms with Crippen LogP contribution < -0.4 is 21.7 Å². The largest absolute Gasteiger partial charge is 0.450 e. The zero-order valence-electron chi connectivity index (χ0n) is 12.7. The monoisotopic (exact) mass is 308 g/mol. The maximum Gasteiger partial charge on any atom is 0.411 e. The summed E-state index contributed by atoms with van der Waals surface area (Å²) in [5.41, 5.74) is 6.83. The van der Waals surface area contributed by atoms with Crippen LogP contribution in [-0.2, 0) is 9.53 Å². The Morgan fingerprint density at radius 1 is 1.27 bits per heavy atom. The van der Waals surface area contributed by atoms with Crippen LogP contribution in [0.25, 0.3) is 0 Å². The standard InChI is InChI=1S/C14H20N4O4/c1-4-22-14(21)17-11-7-5-6-10(8(11)2)16-9(3)12(19)18-13(15)20/h5-7,9,16H,4H2,1-3H3,(H,17,21)(H3,15,18,19,20)/t9-/m0/s1. The maximum atomic E-state index is 11.7. The Balaban J connectivity index is 2.81. The number of carbonyl (C=O) groups is 3. The number of benzene rings is 1. The van der Waals surface area contributed by atoms with Gasteiger partial charge in [-0.3, -0.25) is 15.4 Å². The molecule has 22 heavy (non-hydrogen) atoms. The van der Waals surface area contributed by atoms with Crippen molar-refractivity contribution >= 4 is 29.4 Å². The van der Waals surface area contributed by atoms with Crippen molar-refractivity contribution in [3.63, 3.8) is 0 Å². The molecule has 5 N–H and O–H groups in total. The Morgan fingerprint density at radius 3 is 2.50 bits per heavy atom. The Hall–Kier alpha value is -2.77. The van der Waals surface area contributed by atoms with Gasteiger partial charge in [0.2, 0.25) is 5.91 Å². The summed E-state index contributed by atoms with van der Waals surface area (Å²) in [5, 5.41) is 7.55. The number of anilines is 2. The molecule has 0 saturated carbocycles. The second kappa shape index (κ2) is 7.87. The molecule has 8 heteroatoms. The fraction of sp³-hybridized carbons (Fsp3) is 0.357. The van der Waals surface area contributed by atoms with Gasteiger partial charge in [-0.25, -0.2) is 9.59 Å². The van der Waals surface area contributed by atoms with Crippen LogP contribution in [0.1, 0.15) is 19.4 Å². The minimum absolute atomic E-state index is 0.271. The zero-order valence-corrected chi connectivity index (χ0v) is 12.7. The van der Waals surface area contributed by atoms with E-state index in [1.165, 1.54) is 0 Å². The summed E-state index contributed by atoms with van der Waals surface area (Å²) in [6, 6.07) is 3.60. The van der Waals surface area contributed by atoms with Gasteiger partial charge in [-0.1, -0.05) is 6.07 Å². The first-order valence-corrected chi connectivity index (χ1v) is 6.75. The molecule has 0 aliphatic carbocycles. The van der Waals surface area contributed by atoms with Crippen LogP contribution in [0.15, 0.2) is 18.2 Å². The summed E-state index contributed by atoms with van der Waals surface area (Å²) in [4.78, 5) is 33.8. The molecule has 0 heterocycles. The predicted octanol–water partition coefficient (Wildman–Crippen LogP) is 1.56. The van der Waals surface area contributed by atoms with Gasteiger partial charge in [0.1, 0.15) is 6.04 Å². The van der Waals surface area contributed by atoms with Crippen molar-refractivity contribution in [2.45, 2.75) is 26.8 Å². The van der Waals surface area contributed by atoms with Gasteiger partial charge in [0.05, 0.1) is 6.61 Å². The van der Waals surface area contributed by atoms with E-state index in [1.807, 2.05) is 5.32 Å². The highest BCUT2D eigenvalue weighted by Gasteiger charge is 2.16. The quantitative estimate of drug-likeness (QED) is 0.657. The fourth-order valence-corrected chi connectivity index (χ4v) is 1.73. The van der Waals surface area contributed by atoms with E-state index >= 15 is 0 Å². The van der Waals surface area contributed by atoms with Crippen molar-refractivity contribution in [1.29, 1.82) is 0 Å². The Bertz CT molecular complexity index is 574. The lowest BCUT2D eigenvalue weighted by molar-refractivity contribution is -0.120. The van der Waals surface area contributed by atoms with Crippen LogP contribution in [0.4, 0.5) is 21.0 Å².